The van der Waals surface area contributed by atoms with Crippen molar-refractivity contribution in [2.75, 3.05) is 9.80 Å². The first-order chi connectivity index (χ1) is 22.8. The van der Waals surface area contributed by atoms with Crippen LogP contribution in [0.1, 0.15) is 41.4 Å². The molecule has 0 saturated heterocycles. The highest BCUT2D eigenvalue weighted by molar-refractivity contribution is 6.38. The molecule has 0 atom stereocenters. The molecule has 0 unspecified atom stereocenters. The van der Waals surface area contributed by atoms with Gasteiger partial charge in [0.2, 0.25) is 0 Å². The molecule has 0 bridgehead atoms. The Morgan fingerprint density at radius 1 is 0.354 bits per heavy atom. The van der Waals surface area contributed by atoms with Gasteiger partial charge in [-0.25, -0.2) is 9.80 Å². The van der Waals surface area contributed by atoms with Crippen molar-refractivity contribution in [2.45, 2.75) is 0 Å². The summed E-state index contributed by atoms with van der Waals surface area (Å²) in [7, 11) is 0. The van der Waals surface area contributed by atoms with Crippen molar-refractivity contribution in [3.63, 3.8) is 0 Å². The van der Waals surface area contributed by atoms with Gasteiger partial charge in [0.1, 0.15) is 10.8 Å². The zero-order chi connectivity index (χ0) is 34.3. The predicted molar refractivity (Wildman–Crippen MR) is 163 cm³/mol. The maximum atomic E-state index is 13.6. The first-order valence-electron chi connectivity index (χ1n) is 13.5. The van der Waals surface area contributed by atoms with E-state index in [1.807, 2.05) is 0 Å². The van der Waals surface area contributed by atoms with Gasteiger partial charge in [0, 0.05) is 57.3 Å². The molecule has 0 saturated carbocycles. The van der Waals surface area contributed by atoms with E-state index in [4.69, 9.17) is 0 Å². The Kier molecular flexibility index (Phi) is 6.09. The van der Waals surface area contributed by atoms with Gasteiger partial charge in [0.25, 0.3) is 46.4 Å². The molecule has 234 valence electrons. The lowest BCUT2D eigenvalue weighted by Gasteiger charge is -2.29. The van der Waals surface area contributed by atoms with Gasteiger partial charge in [0.05, 0.1) is 31.1 Å². The van der Waals surface area contributed by atoms with Crippen molar-refractivity contribution in [3.8, 4) is 0 Å². The zero-order valence-electron chi connectivity index (χ0n) is 23.5. The van der Waals surface area contributed by atoms with Crippen molar-refractivity contribution >= 4 is 79.3 Å². The van der Waals surface area contributed by atoms with Crippen molar-refractivity contribution in [3.05, 3.63) is 136 Å². The first kappa shape index (κ1) is 29.2. The standard InChI is InChI=1S/C30H12N6O12/c37-27-15-5-9-19(33(41)42)25-20(34(43)44)10-6-16(23(15)25)28(38)31(27)13-1-2-14(4-3-13)32-29(39)17-7-11-21(35(45)46)26-22(36(47)48)12-8-18(24(17)26)30(32)40/h1-12H. The maximum absolute atomic E-state index is 13.6. The Morgan fingerprint density at radius 2 is 0.583 bits per heavy atom. The summed E-state index contributed by atoms with van der Waals surface area (Å²) < 4.78 is 0. The van der Waals surface area contributed by atoms with Gasteiger partial charge >= 0.3 is 0 Å². The highest BCUT2D eigenvalue weighted by Gasteiger charge is 2.41. The third kappa shape index (κ3) is 3.86. The molecule has 0 aliphatic carbocycles. The summed E-state index contributed by atoms with van der Waals surface area (Å²) in [5, 5.41) is 45.2. The molecule has 2 heterocycles. The number of hydrogen-bond donors (Lipinski definition) is 0. The van der Waals surface area contributed by atoms with Crippen LogP contribution in [0.4, 0.5) is 34.1 Å². The molecule has 2 aliphatic rings. The first-order valence-corrected chi connectivity index (χ1v) is 13.5. The van der Waals surface area contributed by atoms with Gasteiger partial charge in [-0.15, -0.1) is 0 Å². The Labute approximate surface area is 263 Å². The average molecular weight is 648 g/mol. The second-order valence-electron chi connectivity index (χ2n) is 10.5. The van der Waals surface area contributed by atoms with E-state index in [1.165, 1.54) is 24.3 Å². The van der Waals surface area contributed by atoms with Crippen LogP contribution >= 0.6 is 0 Å². The third-order valence-corrected chi connectivity index (χ3v) is 8.12. The van der Waals surface area contributed by atoms with E-state index in [0.29, 0.717) is 0 Å². The molecule has 2 aliphatic heterocycles. The summed E-state index contributed by atoms with van der Waals surface area (Å²) in [5.41, 5.74) is -3.63. The van der Waals surface area contributed by atoms with E-state index in [9.17, 15) is 59.6 Å². The fraction of sp³-hybridized carbons (Fsp3) is 0. The molecule has 5 aromatic carbocycles. The van der Waals surface area contributed by atoms with Crippen LogP contribution in [0.3, 0.4) is 0 Å². The van der Waals surface area contributed by atoms with E-state index < -0.39 is 76.8 Å². The fourth-order valence-corrected chi connectivity index (χ4v) is 6.13. The van der Waals surface area contributed by atoms with Crippen molar-refractivity contribution in [1.82, 2.24) is 0 Å². The van der Waals surface area contributed by atoms with Crippen LogP contribution in [-0.4, -0.2) is 43.3 Å². The fourth-order valence-electron chi connectivity index (χ4n) is 6.13. The summed E-state index contributed by atoms with van der Waals surface area (Å²) in [5.74, 6) is -3.80. The quantitative estimate of drug-likeness (QED) is 0.130. The van der Waals surface area contributed by atoms with Crippen LogP contribution in [0.5, 0.6) is 0 Å². The van der Waals surface area contributed by atoms with Gasteiger partial charge in [-0.05, 0) is 48.5 Å². The molecule has 18 heteroatoms. The minimum atomic E-state index is -0.949. The van der Waals surface area contributed by atoms with E-state index in [1.54, 1.807) is 0 Å². The zero-order valence-corrected chi connectivity index (χ0v) is 23.5. The third-order valence-electron chi connectivity index (χ3n) is 8.12. The van der Waals surface area contributed by atoms with Crippen LogP contribution in [0, 0.1) is 40.5 Å². The Hall–Kier alpha value is -7.50. The Bertz CT molecular complexity index is 2150. The maximum Gasteiger partial charge on any atom is 0.284 e. The Morgan fingerprint density at radius 3 is 0.792 bits per heavy atom. The highest BCUT2D eigenvalue weighted by Crippen LogP contribution is 2.44. The van der Waals surface area contributed by atoms with E-state index in [2.05, 4.69) is 0 Å². The molecular formula is C30H12N6O12. The molecule has 4 amide bonds. The highest BCUT2D eigenvalue weighted by atomic mass is 16.6. The Balaban J connectivity index is 1.30. The largest absolute Gasteiger partial charge is 0.284 e. The molecule has 18 nitrogen and oxygen atoms in total. The average Bonchev–Trinajstić information content (AvgIpc) is 3.05. The number of hydrogen-bond acceptors (Lipinski definition) is 12. The number of imide groups is 2. The van der Waals surface area contributed by atoms with Gasteiger partial charge in [-0.3, -0.25) is 59.6 Å². The van der Waals surface area contributed by atoms with Crippen molar-refractivity contribution in [1.29, 1.82) is 0 Å². The molecule has 0 spiro atoms. The number of nitrogens with zero attached hydrogens (tertiary/aromatic N) is 6. The lowest BCUT2D eigenvalue weighted by Crippen LogP contribution is -2.41. The lowest BCUT2D eigenvalue weighted by atomic mass is 9.91. The minimum Gasteiger partial charge on any atom is -0.268 e. The summed E-state index contributed by atoms with van der Waals surface area (Å²) >= 11 is 0. The van der Waals surface area contributed by atoms with E-state index in [-0.39, 0.29) is 44.4 Å². The van der Waals surface area contributed by atoms with Crippen molar-refractivity contribution < 1.29 is 38.9 Å². The van der Waals surface area contributed by atoms with Crippen LogP contribution in [0.25, 0.3) is 21.5 Å². The number of nitro benzene ring substituents is 4. The van der Waals surface area contributed by atoms with E-state index in [0.717, 1.165) is 58.3 Å². The number of non-ortho nitro benzene ring substituents is 4. The number of nitro groups is 4. The number of amides is 4. The second-order valence-corrected chi connectivity index (χ2v) is 10.5. The summed E-state index contributed by atoms with van der Waals surface area (Å²) in [6.07, 6.45) is 0. The topological polar surface area (TPSA) is 247 Å². The normalized spacial score (nSPS) is 13.8. The smallest absolute Gasteiger partial charge is 0.268 e. The number of carbonyl (C=O) groups is 4. The van der Waals surface area contributed by atoms with Crippen LogP contribution in [0.15, 0.2) is 72.8 Å². The van der Waals surface area contributed by atoms with Crippen molar-refractivity contribution in [2.24, 2.45) is 0 Å². The number of anilines is 2. The molecule has 5 aromatic rings. The summed E-state index contributed by atoms with van der Waals surface area (Å²) in [6.45, 7) is 0. The summed E-state index contributed by atoms with van der Waals surface area (Å²) in [4.78, 5) is 99.2. The number of rotatable bonds is 6. The SMILES string of the molecule is O=C1c2ccc([N+](=O)[O-])c3c([N+](=O)[O-])ccc(c23)C(=O)N1c1ccc(N2C(=O)c3ccc([N+](=O)[O-])c4c([N+](=O)[O-])ccc(c34)C2=O)cc1. The summed E-state index contributed by atoms with van der Waals surface area (Å²) in [6, 6.07) is 13.0. The molecule has 0 radical (unpaired) electrons. The molecule has 48 heavy (non-hydrogen) atoms. The van der Waals surface area contributed by atoms with Gasteiger partial charge in [0.15, 0.2) is 0 Å². The van der Waals surface area contributed by atoms with Crippen LogP contribution in [0.2, 0.25) is 0 Å². The van der Waals surface area contributed by atoms with Crippen LogP contribution in [-0.2, 0) is 0 Å². The van der Waals surface area contributed by atoms with Gasteiger partial charge in [-0.1, -0.05) is 0 Å². The monoisotopic (exact) mass is 648 g/mol. The van der Waals surface area contributed by atoms with E-state index >= 15 is 0 Å². The minimum absolute atomic E-state index is 0.0464. The molecule has 7 rings (SSSR count). The molecule has 0 aromatic heterocycles. The van der Waals surface area contributed by atoms with Gasteiger partial charge in [-0.2, -0.15) is 0 Å². The van der Waals surface area contributed by atoms with Crippen LogP contribution < -0.4 is 9.80 Å². The lowest BCUT2D eigenvalue weighted by molar-refractivity contribution is -0.390. The predicted octanol–water partition coefficient (Wildman–Crippen LogP) is 5.23. The molecule has 0 N–H and O–H groups in total. The number of carbonyl (C=O) groups excluding carboxylic acids is 4. The number of benzene rings is 5. The molecule has 0 fully saturated rings. The second kappa shape index (κ2) is 10.0. The molecular weight excluding hydrogens is 636 g/mol. The van der Waals surface area contributed by atoms with Gasteiger partial charge < -0.3 is 0 Å².